The zero-order valence-corrected chi connectivity index (χ0v) is 14.3. The van der Waals surface area contributed by atoms with Crippen molar-refractivity contribution in [2.75, 3.05) is 26.7 Å². The van der Waals surface area contributed by atoms with Gasteiger partial charge in [0.2, 0.25) is 5.91 Å². The number of amides is 1. The number of nitrogens with one attached hydrogen (secondary N) is 2. The molecule has 0 aliphatic carbocycles. The lowest BCUT2D eigenvalue weighted by atomic mass is 10.2. The summed E-state index contributed by atoms with van der Waals surface area (Å²) < 4.78 is 10.8. The SMILES string of the molecule is CCCNCCNC(=O)CCc1ncc(-c2ccc(OC)cc2)o1. The van der Waals surface area contributed by atoms with Crippen molar-refractivity contribution in [2.24, 2.45) is 0 Å². The molecule has 0 radical (unpaired) electrons. The molecule has 1 heterocycles. The third kappa shape index (κ3) is 5.70. The van der Waals surface area contributed by atoms with Crippen LogP contribution in [0.5, 0.6) is 5.75 Å². The highest BCUT2D eigenvalue weighted by atomic mass is 16.5. The van der Waals surface area contributed by atoms with Crippen molar-refractivity contribution in [3.63, 3.8) is 0 Å². The molecule has 6 nitrogen and oxygen atoms in total. The molecule has 0 spiro atoms. The number of methoxy groups -OCH3 is 1. The van der Waals surface area contributed by atoms with Gasteiger partial charge in [-0.05, 0) is 37.2 Å². The maximum Gasteiger partial charge on any atom is 0.220 e. The lowest BCUT2D eigenvalue weighted by molar-refractivity contribution is -0.121. The Labute approximate surface area is 142 Å². The Morgan fingerprint density at radius 2 is 2.00 bits per heavy atom. The fourth-order valence-electron chi connectivity index (χ4n) is 2.22. The van der Waals surface area contributed by atoms with E-state index in [9.17, 15) is 4.79 Å². The first-order valence-corrected chi connectivity index (χ1v) is 8.29. The van der Waals surface area contributed by atoms with Gasteiger partial charge in [-0.15, -0.1) is 0 Å². The van der Waals surface area contributed by atoms with Crippen molar-refractivity contribution in [1.29, 1.82) is 0 Å². The highest BCUT2D eigenvalue weighted by Gasteiger charge is 2.09. The Kier molecular flexibility index (Phi) is 7.29. The summed E-state index contributed by atoms with van der Waals surface area (Å²) in [6.45, 7) is 4.52. The largest absolute Gasteiger partial charge is 0.497 e. The van der Waals surface area contributed by atoms with E-state index in [2.05, 4.69) is 22.5 Å². The minimum absolute atomic E-state index is 0.0116. The van der Waals surface area contributed by atoms with Crippen LogP contribution in [0.1, 0.15) is 25.7 Å². The number of carbonyl (C=O) groups excluding carboxylic acids is 1. The molecule has 1 amide bonds. The Bertz CT molecular complexity index is 623. The lowest BCUT2D eigenvalue weighted by Crippen LogP contribution is -2.32. The third-order valence-electron chi connectivity index (χ3n) is 3.54. The van der Waals surface area contributed by atoms with Crippen molar-refractivity contribution in [3.05, 3.63) is 36.4 Å². The molecule has 0 unspecified atom stereocenters. The van der Waals surface area contributed by atoms with E-state index in [0.29, 0.717) is 31.0 Å². The summed E-state index contributed by atoms with van der Waals surface area (Å²) in [7, 11) is 1.63. The first-order chi connectivity index (χ1) is 11.7. The molecular formula is C18H25N3O3. The molecule has 24 heavy (non-hydrogen) atoms. The Morgan fingerprint density at radius 3 is 2.71 bits per heavy atom. The number of oxazole rings is 1. The number of nitrogens with zero attached hydrogens (tertiary/aromatic N) is 1. The third-order valence-corrected chi connectivity index (χ3v) is 3.54. The lowest BCUT2D eigenvalue weighted by Gasteiger charge is -2.05. The van der Waals surface area contributed by atoms with Gasteiger partial charge in [0.15, 0.2) is 11.7 Å². The van der Waals surface area contributed by atoms with Gasteiger partial charge in [0.05, 0.1) is 13.3 Å². The van der Waals surface area contributed by atoms with Gasteiger partial charge in [0.25, 0.3) is 0 Å². The number of hydrogen-bond acceptors (Lipinski definition) is 5. The van der Waals surface area contributed by atoms with E-state index in [4.69, 9.17) is 9.15 Å². The van der Waals surface area contributed by atoms with Crippen molar-refractivity contribution in [1.82, 2.24) is 15.6 Å². The topological polar surface area (TPSA) is 76.4 Å². The first kappa shape index (κ1) is 18.0. The fourth-order valence-corrected chi connectivity index (χ4v) is 2.22. The number of rotatable bonds is 10. The van der Waals surface area contributed by atoms with Crippen LogP contribution in [0.15, 0.2) is 34.9 Å². The van der Waals surface area contributed by atoms with Crippen LogP contribution in [0.4, 0.5) is 0 Å². The van der Waals surface area contributed by atoms with Crippen LogP contribution in [0.25, 0.3) is 11.3 Å². The van der Waals surface area contributed by atoms with Crippen molar-refractivity contribution >= 4 is 5.91 Å². The number of aromatic nitrogens is 1. The predicted octanol–water partition coefficient (Wildman–Crippen LogP) is 2.40. The zero-order chi connectivity index (χ0) is 17.2. The van der Waals surface area contributed by atoms with Crippen LogP contribution in [-0.2, 0) is 11.2 Å². The van der Waals surface area contributed by atoms with Crippen LogP contribution in [0, 0.1) is 0 Å². The molecule has 2 N–H and O–H groups in total. The van der Waals surface area contributed by atoms with E-state index >= 15 is 0 Å². The second kappa shape index (κ2) is 9.72. The Morgan fingerprint density at radius 1 is 1.21 bits per heavy atom. The monoisotopic (exact) mass is 331 g/mol. The van der Waals surface area contributed by atoms with E-state index in [1.54, 1.807) is 13.3 Å². The van der Waals surface area contributed by atoms with Crippen LogP contribution in [0.3, 0.4) is 0 Å². The summed E-state index contributed by atoms with van der Waals surface area (Å²) in [6, 6.07) is 7.58. The molecule has 6 heteroatoms. The quantitative estimate of drug-likeness (QED) is 0.654. The summed E-state index contributed by atoms with van der Waals surface area (Å²) >= 11 is 0. The minimum Gasteiger partial charge on any atom is -0.497 e. The van der Waals surface area contributed by atoms with Gasteiger partial charge in [-0.25, -0.2) is 4.98 Å². The number of hydrogen-bond donors (Lipinski definition) is 2. The summed E-state index contributed by atoms with van der Waals surface area (Å²) in [5.74, 6) is 2.07. The second-order valence-corrected chi connectivity index (χ2v) is 5.45. The van der Waals surface area contributed by atoms with Gasteiger partial charge in [-0.1, -0.05) is 6.92 Å². The van der Waals surface area contributed by atoms with E-state index < -0.39 is 0 Å². The molecule has 130 valence electrons. The molecule has 0 aliphatic rings. The zero-order valence-electron chi connectivity index (χ0n) is 14.3. The minimum atomic E-state index is 0.0116. The molecular weight excluding hydrogens is 306 g/mol. The van der Waals surface area contributed by atoms with Gasteiger partial charge in [0.1, 0.15) is 5.75 Å². The maximum absolute atomic E-state index is 11.8. The van der Waals surface area contributed by atoms with Crippen molar-refractivity contribution < 1.29 is 13.9 Å². The average Bonchev–Trinajstić information content (AvgIpc) is 3.09. The number of ether oxygens (including phenoxy) is 1. The fraction of sp³-hybridized carbons (Fsp3) is 0.444. The molecule has 0 saturated heterocycles. The maximum atomic E-state index is 11.8. The number of aryl methyl sites for hydroxylation is 1. The summed E-state index contributed by atoms with van der Waals surface area (Å²) in [6.07, 6.45) is 3.64. The van der Waals surface area contributed by atoms with E-state index in [0.717, 1.165) is 30.8 Å². The number of benzene rings is 1. The molecule has 0 bridgehead atoms. The summed E-state index contributed by atoms with van der Waals surface area (Å²) in [4.78, 5) is 16.0. The number of carbonyl (C=O) groups is 1. The average molecular weight is 331 g/mol. The second-order valence-electron chi connectivity index (χ2n) is 5.45. The van der Waals surface area contributed by atoms with E-state index in [-0.39, 0.29) is 5.91 Å². The van der Waals surface area contributed by atoms with Gasteiger partial charge in [-0.2, -0.15) is 0 Å². The standard InChI is InChI=1S/C18H25N3O3/c1-3-10-19-11-12-20-17(22)8-9-18-21-13-16(24-18)14-4-6-15(23-2)7-5-14/h4-7,13,19H,3,8-12H2,1-2H3,(H,20,22). The van der Waals surface area contributed by atoms with Crippen molar-refractivity contribution in [3.8, 4) is 17.1 Å². The Balaban J connectivity index is 1.75. The summed E-state index contributed by atoms with van der Waals surface area (Å²) in [5, 5.41) is 6.12. The molecule has 1 aromatic heterocycles. The molecule has 0 fully saturated rings. The van der Waals surface area contributed by atoms with Crippen molar-refractivity contribution in [2.45, 2.75) is 26.2 Å². The molecule has 1 aromatic carbocycles. The van der Waals surface area contributed by atoms with E-state index in [1.807, 2.05) is 24.3 Å². The van der Waals surface area contributed by atoms with E-state index in [1.165, 1.54) is 0 Å². The molecule has 2 rings (SSSR count). The molecule has 2 aromatic rings. The highest BCUT2D eigenvalue weighted by Crippen LogP contribution is 2.23. The highest BCUT2D eigenvalue weighted by molar-refractivity contribution is 5.76. The van der Waals surface area contributed by atoms with Gasteiger partial charge in [-0.3, -0.25) is 4.79 Å². The normalized spacial score (nSPS) is 10.6. The molecule has 0 aliphatic heterocycles. The van der Waals surface area contributed by atoms with Crippen LogP contribution in [0.2, 0.25) is 0 Å². The Hall–Kier alpha value is -2.34. The molecule has 0 atom stereocenters. The van der Waals surface area contributed by atoms with Gasteiger partial charge >= 0.3 is 0 Å². The van der Waals surface area contributed by atoms with Gasteiger partial charge in [0, 0.05) is 31.5 Å². The van der Waals surface area contributed by atoms with Crippen LogP contribution >= 0.6 is 0 Å². The predicted molar refractivity (Wildman–Crippen MR) is 93.0 cm³/mol. The summed E-state index contributed by atoms with van der Waals surface area (Å²) in [5.41, 5.74) is 0.931. The molecule has 0 saturated carbocycles. The van der Waals surface area contributed by atoms with Crippen LogP contribution < -0.4 is 15.4 Å². The smallest absolute Gasteiger partial charge is 0.220 e. The first-order valence-electron chi connectivity index (χ1n) is 8.29. The van der Waals surface area contributed by atoms with Gasteiger partial charge < -0.3 is 19.8 Å². The van der Waals surface area contributed by atoms with Crippen LogP contribution in [-0.4, -0.2) is 37.6 Å².